The molecular weight excluding hydrogens is 513 g/mol. The van der Waals surface area contributed by atoms with Crippen molar-refractivity contribution in [2.75, 3.05) is 23.9 Å². The number of aliphatic hydroxyl groups excluding tert-OH is 1. The van der Waals surface area contributed by atoms with Crippen molar-refractivity contribution < 1.29 is 19.8 Å². The Labute approximate surface area is 184 Å². The predicted octanol–water partition coefficient (Wildman–Crippen LogP) is 3.44. The highest BCUT2D eigenvalue weighted by molar-refractivity contribution is 14.1. The monoisotopic (exact) mass is 533 g/mol. The van der Waals surface area contributed by atoms with E-state index < -0.39 is 12.1 Å². The fraction of sp³-hybridized carbons (Fsp3) is 0.389. The topological polar surface area (TPSA) is 94.0 Å². The average Bonchev–Trinajstić information content (AvgIpc) is 3.27. The molecule has 10 heteroatoms. The Bertz CT molecular complexity index is 846. The molecule has 2 atom stereocenters. The number of benzene rings is 1. The lowest BCUT2D eigenvalue weighted by Gasteiger charge is -2.27. The smallest absolute Gasteiger partial charge is 0.347 e. The number of halogens is 1. The minimum absolute atomic E-state index is 0.0387. The first-order valence-electron chi connectivity index (χ1n) is 8.73. The van der Waals surface area contributed by atoms with E-state index in [2.05, 4.69) is 27.6 Å². The first-order valence-corrected chi connectivity index (χ1v) is 11.8. The molecule has 0 aliphatic carbocycles. The molecule has 0 bridgehead atoms. The first-order chi connectivity index (χ1) is 13.4. The normalized spacial score (nSPS) is 18.6. The maximum Gasteiger partial charge on any atom is 0.347 e. The van der Waals surface area contributed by atoms with E-state index in [9.17, 15) is 14.7 Å². The number of thiazole rings is 1. The molecular formula is C18H20IN3O4S2. The second kappa shape index (κ2) is 9.53. The van der Waals surface area contributed by atoms with Crippen molar-refractivity contribution in [3.05, 3.63) is 40.9 Å². The van der Waals surface area contributed by atoms with E-state index in [1.807, 2.05) is 36.2 Å². The van der Waals surface area contributed by atoms with Crippen LogP contribution in [0.25, 0.3) is 0 Å². The number of alkyl halides is 1. The van der Waals surface area contributed by atoms with Crippen LogP contribution in [-0.4, -0.2) is 54.8 Å². The molecule has 0 saturated carbocycles. The molecule has 1 aliphatic rings. The van der Waals surface area contributed by atoms with Crippen LogP contribution in [-0.2, 0) is 4.79 Å². The van der Waals surface area contributed by atoms with Gasteiger partial charge in [0.25, 0.3) is 5.91 Å². The van der Waals surface area contributed by atoms with Crippen molar-refractivity contribution in [3.63, 3.8) is 0 Å². The average molecular weight is 533 g/mol. The summed E-state index contributed by atoms with van der Waals surface area (Å²) in [4.78, 5) is 27.9. The predicted molar refractivity (Wildman–Crippen MR) is 118 cm³/mol. The number of rotatable bonds is 8. The van der Waals surface area contributed by atoms with Gasteiger partial charge in [0, 0.05) is 18.8 Å². The molecule has 1 aliphatic heterocycles. The maximum atomic E-state index is 12.6. The molecule has 1 aromatic heterocycles. The van der Waals surface area contributed by atoms with Crippen LogP contribution < -0.4 is 5.01 Å². The van der Waals surface area contributed by atoms with Gasteiger partial charge < -0.3 is 10.2 Å². The Kier molecular flexibility index (Phi) is 7.31. The number of aliphatic hydroxyl groups is 1. The molecule has 1 fully saturated rings. The van der Waals surface area contributed by atoms with Crippen LogP contribution in [0.15, 0.2) is 34.8 Å². The van der Waals surface area contributed by atoms with E-state index in [1.54, 1.807) is 5.01 Å². The highest BCUT2D eigenvalue weighted by Crippen LogP contribution is 2.30. The molecule has 7 nitrogen and oxygen atoms in total. The number of thioether (sulfide) groups is 1. The molecule has 2 heterocycles. The van der Waals surface area contributed by atoms with Crippen molar-refractivity contribution in [3.8, 4) is 0 Å². The second-order valence-electron chi connectivity index (χ2n) is 6.19. The fourth-order valence-electron chi connectivity index (χ4n) is 2.83. The summed E-state index contributed by atoms with van der Waals surface area (Å²) in [7, 11) is 0. The summed E-state index contributed by atoms with van der Waals surface area (Å²) in [6.45, 7) is 3.18. The summed E-state index contributed by atoms with van der Waals surface area (Å²) in [5.41, 5.74) is 1.62. The molecule has 1 saturated heterocycles. The lowest BCUT2D eigenvalue weighted by Crippen LogP contribution is -2.40. The third-order valence-corrected chi connectivity index (χ3v) is 7.36. The molecule has 3 rings (SSSR count). The molecule has 2 unspecified atom stereocenters. The van der Waals surface area contributed by atoms with Crippen molar-refractivity contribution in [2.45, 2.75) is 27.7 Å². The summed E-state index contributed by atoms with van der Waals surface area (Å²) in [5, 5.41) is 22.6. The highest BCUT2D eigenvalue weighted by atomic mass is 127. The number of aromatic carboxylic acids is 1. The van der Waals surface area contributed by atoms with Crippen molar-refractivity contribution in [1.82, 2.24) is 9.99 Å². The Morgan fingerprint density at radius 1 is 1.43 bits per heavy atom. The van der Waals surface area contributed by atoms with Crippen LogP contribution >= 0.6 is 45.7 Å². The number of carbonyl (C=O) groups excluding carboxylic acids is 1. The number of aromatic nitrogens is 1. The van der Waals surface area contributed by atoms with E-state index in [0.717, 1.165) is 22.6 Å². The number of carboxylic acid groups (broad SMARTS) is 1. The van der Waals surface area contributed by atoms with Gasteiger partial charge in [0.05, 0.1) is 18.0 Å². The minimum atomic E-state index is -0.968. The summed E-state index contributed by atoms with van der Waals surface area (Å²) >= 11 is 4.80. The zero-order valence-electron chi connectivity index (χ0n) is 15.1. The number of nitrogens with zero attached hydrogens (tertiary/aromatic N) is 3. The molecule has 2 N–H and O–H groups in total. The van der Waals surface area contributed by atoms with E-state index >= 15 is 0 Å². The van der Waals surface area contributed by atoms with Crippen LogP contribution in [0, 0.1) is 0 Å². The van der Waals surface area contributed by atoms with Crippen LogP contribution in [0.2, 0.25) is 0 Å². The number of hydrazine groups is 1. The quantitative estimate of drug-likeness (QED) is 0.305. The van der Waals surface area contributed by atoms with Crippen molar-refractivity contribution in [1.29, 1.82) is 0 Å². The van der Waals surface area contributed by atoms with Gasteiger partial charge >= 0.3 is 5.97 Å². The largest absolute Gasteiger partial charge is 0.477 e. The van der Waals surface area contributed by atoms with Gasteiger partial charge in [0.2, 0.25) is 0 Å². The first kappa shape index (κ1) is 21.5. The SMILES string of the molecule is CCC(O)c1ccc(N2C(=O)C(I)CN2CCSc2ncc(C(=O)O)s2)cc1. The van der Waals surface area contributed by atoms with Gasteiger partial charge in [-0.15, -0.1) is 11.3 Å². The number of carbonyl (C=O) groups is 2. The third kappa shape index (κ3) is 4.85. The summed E-state index contributed by atoms with van der Waals surface area (Å²) in [6.07, 6.45) is 1.51. The van der Waals surface area contributed by atoms with Gasteiger partial charge in [-0.1, -0.05) is 53.4 Å². The van der Waals surface area contributed by atoms with Gasteiger partial charge in [-0.2, -0.15) is 0 Å². The van der Waals surface area contributed by atoms with Crippen molar-refractivity contribution in [2.24, 2.45) is 0 Å². The van der Waals surface area contributed by atoms with E-state index in [1.165, 1.54) is 18.0 Å². The molecule has 1 amide bonds. The number of carboxylic acids is 1. The Morgan fingerprint density at radius 3 is 2.75 bits per heavy atom. The lowest BCUT2D eigenvalue weighted by molar-refractivity contribution is -0.117. The molecule has 2 aromatic rings. The Morgan fingerprint density at radius 2 is 2.14 bits per heavy atom. The zero-order chi connectivity index (χ0) is 20.3. The summed E-state index contributed by atoms with van der Waals surface area (Å²) in [5.74, 6) is -0.242. The molecule has 28 heavy (non-hydrogen) atoms. The standard InChI is InChI=1S/C18H20IN3O4S2/c1-2-14(23)11-3-5-12(6-4-11)22-16(24)13(19)10-21(22)7-8-27-18-20-9-15(28-18)17(25)26/h3-6,9,13-14,23H,2,7-8,10H2,1H3,(H,25,26). The Balaban J connectivity index is 1.65. The van der Waals surface area contributed by atoms with Gasteiger partial charge in [0.15, 0.2) is 4.34 Å². The van der Waals surface area contributed by atoms with Gasteiger partial charge in [-0.3, -0.25) is 4.79 Å². The summed E-state index contributed by atoms with van der Waals surface area (Å²) in [6, 6.07) is 7.43. The number of hydrogen-bond acceptors (Lipinski definition) is 7. The molecule has 0 spiro atoms. The fourth-order valence-corrected chi connectivity index (χ4v) is 5.40. The summed E-state index contributed by atoms with van der Waals surface area (Å²) < 4.78 is 0.584. The Hall–Kier alpha value is -1.21. The van der Waals surface area contributed by atoms with Gasteiger partial charge in [-0.05, 0) is 24.1 Å². The van der Waals surface area contributed by atoms with Crippen LogP contribution in [0.1, 0.15) is 34.7 Å². The number of amides is 1. The minimum Gasteiger partial charge on any atom is -0.477 e. The van der Waals surface area contributed by atoms with Crippen LogP contribution in [0.4, 0.5) is 5.69 Å². The molecule has 150 valence electrons. The van der Waals surface area contributed by atoms with Crippen molar-refractivity contribution >= 4 is 63.3 Å². The lowest BCUT2D eigenvalue weighted by atomic mass is 10.1. The van der Waals surface area contributed by atoms with Crippen LogP contribution in [0.5, 0.6) is 0 Å². The van der Waals surface area contributed by atoms with Gasteiger partial charge in [0.1, 0.15) is 8.80 Å². The van der Waals surface area contributed by atoms with E-state index in [4.69, 9.17) is 5.11 Å². The maximum absolute atomic E-state index is 12.6. The van der Waals surface area contributed by atoms with E-state index in [-0.39, 0.29) is 14.7 Å². The third-order valence-electron chi connectivity index (χ3n) is 4.31. The van der Waals surface area contributed by atoms with E-state index in [0.29, 0.717) is 29.6 Å². The molecule has 0 radical (unpaired) electrons. The number of hydrogen-bond donors (Lipinski definition) is 2. The molecule has 1 aromatic carbocycles. The number of anilines is 1. The van der Waals surface area contributed by atoms with Crippen LogP contribution in [0.3, 0.4) is 0 Å². The highest BCUT2D eigenvalue weighted by Gasteiger charge is 2.37. The van der Waals surface area contributed by atoms with Gasteiger partial charge in [-0.25, -0.2) is 19.8 Å². The zero-order valence-corrected chi connectivity index (χ0v) is 18.9. The second-order valence-corrected chi connectivity index (χ2v) is 10.1.